The highest BCUT2D eigenvalue weighted by atomic mass is 32.2. The number of carbonyl (C=O) groups is 1. The van der Waals surface area contributed by atoms with Crippen molar-refractivity contribution in [1.29, 1.82) is 0 Å². The third kappa shape index (κ3) is 6.25. The number of hydrogen-bond acceptors (Lipinski definition) is 6. The van der Waals surface area contributed by atoms with Crippen LogP contribution in [0, 0.1) is 5.82 Å². The Morgan fingerprint density at radius 1 is 1.10 bits per heavy atom. The second-order valence-electron chi connectivity index (χ2n) is 7.40. The molecule has 1 aliphatic heterocycles. The molecular formula is C22H26FNO6S. The molecule has 31 heavy (non-hydrogen) atoms. The molecule has 0 bridgehead atoms. The Hall–Kier alpha value is -2.49. The number of hydrogen-bond donors (Lipinski definition) is 0. The van der Waals surface area contributed by atoms with Crippen molar-refractivity contribution < 1.29 is 31.8 Å². The first-order valence-electron chi connectivity index (χ1n) is 10.1. The molecule has 0 aliphatic carbocycles. The summed E-state index contributed by atoms with van der Waals surface area (Å²) in [5.41, 5.74) is 0.162. The van der Waals surface area contributed by atoms with Gasteiger partial charge in [-0.15, -0.1) is 0 Å². The lowest BCUT2D eigenvalue weighted by Gasteiger charge is -2.34. The van der Waals surface area contributed by atoms with Crippen LogP contribution in [0.5, 0.6) is 5.75 Å². The number of sulfonamides is 1. The first-order valence-corrected chi connectivity index (χ1v) is 11.5. The van der Waals surface area contributed by atoms with Crippen LogP contribution in [0.4, 0.5) is 4.39 Å². The Morgan fingerprint density at radius 3 is 2.45 bits per heavy atom. The molecule has 2 aromatic carbocycles. The highest BCUT2D eigenvalue weighted by Crippen LogP contribution is 2.22. The number of benzene rings is 2. The van der Waals surface area contributed by atoms with Crippen molar-refractivity contribution in [1.82, 2.24) is 4.31 Å². The first kappa shape index (κ1) is 23.2. The van der Waals surface area contributed by atoms with Crippen LogP contribution >= 0.6 is 0 Å². The van der Waals surface area contributed by atoms with E-state index in [0.29, 0.717) is 18.8 Å². The van der Waals surface area contributed by atoms with E-state index < -0.39 is 16.0 Å². The zero-order valence-electron chi connectivity index (χ0n) is 17.5. The zero-order chi connectivity index (χ0) is 22.4. The highest BCUT2D eigenvalue weighted by Gasteiger charge is 2.32. The molecule has 9 heteroatoms. The summed E-state index contributed by atoms with van der Waals surface area (Å²) in [5.74, 6) is -0.428. The average molecular weight is 452 g/mol. The van der Waals surface area contributed by atoms with E-state index in [1.54, 1.807) is 0 Å². The summed E-state index contributed by atoms with van der Waals surface area (Å²) >= 11 is 0. The maximum absolute atomic E-state index is 13.0. The van der Waals surface area contributed by atoms with Gasteiger partial charge in [0.05, 0.1) is 35.9 Å². The Labute approximate surface area is 181 Å². The highest BCUT2D eigenvalue weighted by molar-refractivity contribution is 7.89. The lowest BCUT2D eigenvalue weighted by atomic mass is 10.2. The molecule has 3 rings (SSSR count). The van der Waals surface area contributed by atoms with Gasteiger partial charge in [0.25, 0.3) is 0 Å². The topological polar surface area (TPSA) is 82.1 Å². The molecule has 1 aliphatic rings. The van der Waals surface area contributed by atoms with Gasteiger partial charge in [0.1, 0.15) is 11.6 Å². The van der Waals surface area contributed by atoms with Gasteiger partial charge in [0.2, 0.25) is 10.0 Å². The van der Waals surface area contributed by atoms with Gasteiger partial charge in [-0.3, -0.25) is 0 Å². The van der Waals surface area contributed by atoms with E-state index in [-0.39, 0.29) is 48.2 Å². The van der Waals surface area contributed by atoms with Crippen molar-refractivity contribution >= 4 is 16.0 Å². The van der Waals surface area contributed by atoms with Gasteiger partial charge in [-0.25, -0.2) is 17.6 Å². The predicted molar refractivity (Wildman–Crippen MR) is 112 cm³/mol. The van der Waals surface area contributed by atoms with Crippen LogP contribution in [0.15, 0.2) is 53.4 Å². The number of nitrogens with zero attached hydrogens (tertiary/aromatic N) is 1. The van der Waals surface area contributed by atoms with Gasteiger partial charge in [-0.05, 0) is 56.3 Å². The summed E-state index contributed by atoms with van der Waals surface area (Å²) in [6, 6.07) is 11.5. The number of ether oxygens (including phenoxy) is 3. The molecule has 0 radical (unpaired) electrons. The minimum absolute atomic E-state index is 0.0443. The van der Waals surface area contributed by atoms with Crippen molar-refractivity contribution in [3.05, 3.63) is 59.9 Å². The minimum Gasteiger partial charge on any atom is -0.493 e. The third-order valence-corrected chi connectivity index (χ3v) is 6.53. The van der Waals surface area contributed by atoms with Crippen molar-refractivity contribution in [2.45, 2.75) is 37.4 Å². The van der Waals surface area contributed by atoms with Crippen molar-refractivity contribution in [3.63, 3.8) is 0 Å². The van der Waals surface area contributed by atoms with Gasteiger partial charge in [-0.2, -0.15) is 4.31 Å². The smallest absolute Gasteiger partial charge is 0.338 e. The molecule has 168 valence electrons. The van der Waals surface area contributed by atoms with Crippen LogP contribution in [0.3, 0.4) is 0 Å². The van der Waals surface area contributed by atoms with Gasteiger partial charge >= 0.3 is 5.97 Å². The van der Waals surface area contributed by atoms with E-state index in [9.17, 15) is 17.6 Å². The molecule has 1 heterocycles. The van der Waals surface area contributed by atoms with E-state index in [1.807, 2.05) is 13.8 Å². The summed E-state index contributed by atoms with van der Waals surface area (Å²) < 4.78 is 56.5. The second-order valence-corrected chi connectivity index (χ2v) is 9.34. The zero-order valence-corrected chi connectivity index (χ0v) is 18.3. The number of esters is 1. The quantitative estimate of drug-likeness (QED) is 0.453. The number of rotatable bonds is 8. The van der Waals surface area contributed by atoms with E-state index in [0.717, 1.165) is 0 Å². The Kier molecular flexibility index (Phi) is 7.64. The fourth-order valence-electron chi connectivity index (χ4n) is 3.29. The lowest BCUT2D eigenvalue weighted by Crippen LogP contribution is -2.48. The maximum Gasteiger partial charge on any atom is 0.338 e. The molecule has 1 saturated heterocycles. The van der Waals surface area contributed by atoms with Crippen LogP contribution in [-0.2, 0) is 19.5 Å². The van der Waals surface area contributed by atoms with E-state index in [1.165, 1.54) is 52.8 Å². The number of carbonyl (C=O) groups excluding carboxylic acids is 1. The van der Waals surface area contributed by atoms with E-state index in [2.05, 4.69) is 0 Å². The molecule has 2 atom stereocenters. The SMILES string of the molecule is CC1CN(S(=O)(=O)c2cccc(C(=O)OCCCOc3ccc(F)cc3)c2)CC(C)O1. The molecule has 0 aromatic heterocycles. The standard InChI is InChI=1S/C22H26FNO6S/c1-16-14-24(15-17(2)30-16)31(26,27)21-6-3-5-18(13-21)22(25)29-12-4-11-28-20-9-7-19(23)8-10-20/h3,5-10,13,16-17H,4,11-12,14-15H2,1-2H3. The molecule has 0 amide bonds. The van der Waals surface area contributed by atoms with Gasteiger partial charge < -0.3 is 14.2 Å². The first-order chi connectivity index (χ1) is 14.8. The van der Waals surface area contributed by atoms with Crippen molar-refractivity contribution in [3.8, 4) is 5.75 Å². The molecule has 0 saturated carbocycles. The fourth-order valence-corrected chi connectivity index (χ4v) is 4.92. The predicted octanol–water partition coefficient (Wildman–Crippen LogP) is 3.25. The second kappa shape index (κ2) is 10.2. The van der Waals surface area contributed by atoms with Crippen LogP contribution in [0.2, 0.25) is 0 Å². The van der Waals surface area contributed by atoms with E-state index in [4.69, 9.17) is 14.2 Å². The maximum atomic E-state index is 13.0. The summed E-state index contributed by atoms with van der Waals surface area (Å²) in [5, 5.41) is 0. The van der Waals surface area contributed by atoms with Crippen LogP contribution in [0.1, 0.15) is 30.6 Å². The normalized spacial score (nSPS) is 19.7. The molecule has 7 nitrogen and oxygen atoms in total. The molecule has 2 aromatic rings. The average Bonchev–Trinajstić information content (AvgIpc) is 2.74. The lowest BCUT2D eigenvalue weighted by molar-refractivity contribution is -0.0440. The summed E-state index contributed by atoms with van der Waals surface area (Å²) in [6.45, 7) is 4.57. The summed E-state index contributed by atoms with van der Waals surface area (Å²) in [4.78, 5) is 12.4. The third-order valence-electron chi connectivity index (χ3n) is 4.70. The van der Waals surface area contributed by atoms with Crippen molar-refractivity contribution in [2.24, 2.45) is 0 Å². The Morgan fingerprint density at radius 2 is 1.77 bits per heavy atom. The molecule has 0 spiro atoms. The van der Waals surface area contributed by atoms with Gasteiger partial charge in [0, 0.05) is 19.5 Å². The fraction of sp³-hybridized carbons (Fsp3) is 0.409. The molecule has 0 N–H and O–H groups in total. The molecule has 1 fully saturated rings. The minimum atomic E-state index is -3.75. The van der Waals surface area contributed by atoms with Crippen molar-refractivity contribution in [2.75, 3.05) is 26.3 Å². The Bertz CT molecular complexity index is 985. The Balaban J connectivity index is 1.54. The molecular weight excluding hydrogens is 425 g/mol. The van der Waals surface area contributed by atoms with Gasteiger partial charge in [0.15, 0.2) is 0 Å². The monoisotopic (exact) mass is 451 g/mol. The summed E-state index contributed by atoms with van der Waals surface area (Å²) in [7, 11) is -3.75. The van der Waals surface area contributed by atoms with Crippen LogP contribution in [-0.4, -0.2) is 57.2 Å². The number of morpholine rings is 1. The number of halogens is 1. The van der Waals surface area contributed by atoms with Crippen LogP contribution in [0.25, 0.3) is 0 Å². The van der Waals surface area contributed by atoms with Gasteiger partial charge in [-0.1, -0.05) is 6.07 Å². The van der Waals surface area contributed by atoms with E-state index >= 15 is 0 Å². The molecule has 2 unspecified atom stereocenters. The van der Waals surface area contributed by atoms with Crippen LogP contribution < -0.4 is 4.74 Å². The largest absolute Gasteiger partial charge is 0.493 e. The summed E-state index contributed by atoms with van der Waals surface area (Å²) in [6.07, 6.45) is 0.0256.